The molecule has 2 aromatic carbocycles. The molecule has 9 rings (SSSR count). The maximum absolute atomic E-state index is 14.6. The minimum Gasteiger partial charge on any atom is -0.461 e. The van der Waals surface area contributed by atoms with Crippen LogP contribution in [-0.4, -0.2) is 289 Å². The van der Waals surface area contributed by atoms with Gasteiger partial charge in [-0.25, -0.2) is 19.6 Å². The first-order valence-electron chi connectivity index (χ1n) is 44.5. The average molecular weight is 1770 g/mol. The average Bonchev–Trinajstić information content (AvgIpc) is 0.896. The van der Waals surface area contributed by atoms with E-state index in [1.54, 1.807) is 59.3 Å². The number of cyclic esters (lactones) is 1. The number of piperidine rings is 1. The van der Waals surface area contributed by atoms with Crippen molar-refractivity contribution in [2.45, 2.75) is 212 Å². The Bertz CT molecular complexity index is 4240. The molecule has 2 saturated heterocycles. The topological polar surface area (TPSA) is 451 Å². The molecule has 10 N–H and O–H groups in total. The van der Waals surface area contributed by atoms with Gasteiger partial charge < -0.3 is 118 Å². The van der Waals surface area contributed by atoms with Crippen LogP contribution < -0.4 is 22.1 Å². The van der Waals surface area contributed by atoms with Crippen molar-refractivity contribution in [3.8, 4) is 0 Å². The van der Waals surface area contributed by atoms with Crippen molar-refractivity contribution in [1.82, 2.24) is 30.1 Å². The highest BCUT2D eigenvalue weighted by molar-refractivity contribution is 6.39. The van der Waals surface area contributed by atoms with Crippen LogP contribution in [0.25, 0.3) is 11.1 Å². The minimum absolute atomic E-state index is 0.00583. The second-order valence-corrected chi connectivity index (χ2v) is 33.3. The first-order valence-corrected chi connectivity index (χ1v) is 44.5. The zero-order chi connectivity index (χ0) is 90.5. The van der Waals surface area contributed by atoms with E-state index >= 15 is 0 Å². The van der Waals surface area contributed by atoms with Crippen molar-refractivity contribution in [2.75, 3.05) is 163 Å². The Labute approximate surface area is 739 Å². The second kappa shape index (κ2) is 52.8. The highest BCUT2D eigenvalue weighted by Gasteiger charge is 2.53. The SMILES string of the molecule is CO[C@H]1C[C@@H]2CC[C@@H](C)[C@@](O)(O2)C(=O)C(=O)N2CCCC[C@H]2C(=O)O[C@H](CC[C@@H]2CC[C@@H](OC(=O)NCCOCCOCCOCCOCCOCCOCCOCCOCCC(=O)N3CCc4cc(CNc5ncnc(N)c5C(=N)c5ccc6oc(N)nc6c5)ccc4C3)[C@H](OC)C2)C[C@@H](O)[C@H](C)/C=C(\C)[C@@H](O)[C@@H](OC)C(=O)[C@H](C)C[C@H](C)/C=C/C=CC=C1C. The number of allylic oxidation sites excluding steroid dienone is 5. The minimum atomic E-state index is -2.47. The number of carbonyl (C=O) groups is 6. The smallest absolute Gasteiger partial charge is 0.407 e. The number of carbonyl (C=O) groups excluding carboxylic acids is 6. The standard InChI is InChI=1S/C92H136N10O24/c1-59-15-11-10-12-16-60(2)77(112-7)55-71-24-18-64(6)92(111,126-71)85(107)88(108)102-31-14-13-17-73(102)89(109)123-70(54-74(103)61(3)50-63(5)83(106)84(114-9)82(105)62(4)49-59)25-20-65-21-26-76(78(52-65)113-8)125-91(110)96-30-34-116-36-38-118-40-42-120-44-46-122-48-47-121-45-43-119-41-39-117-37-35-115-33-29-79(104)101-32-28-67-51-66(19-22-69(67)57-101)56-97-87-80(86(94)98-58-99-87)81(93)68-23-27-75-72(53-68)100-90(95)124-75/h10-12,15-16,19,22-23,27,50-51,53,58-59,61-62,64-65,70-71,73-74,76-78,83-84,93,103,106,111H,13-14,17-18,20-21,24-26,28-49,52,54-57H2,1-9H3,(H2,95,100)(H,96,110)(H3,94,97,98,99)/b12-10?,15-11+,60-16?,63-50+,93-81?/t59-,61-,62-,64-,65-,70-,71+,73+,74-,76-,77+,78-,83-,84+,92-/m1/s1. The van der Waals surface area contributed by atoms with Crippen LogP contribution in [0.2, 0.25) is 0 Å². The molecule has 3 amide bonds. The number of rotatable bonds is 39. The molecular weight excluding hydrogens is 1630 g/mol. The van der Waals surface area contributed by atoms with E-state index in [0.29, 0.717) is 217 Å². The number of amides is 3. The molecule has 6 heterocycles. The van der Waals surface area contributed by atoms with Crippen LogP contribution in [0.3, 0.4) is 0 Å². The number of Topliss-reactive ketones (excluding diaryl/α,β-unsaturated/α-hetero) is 2. The molecule has 15 atom stereocenters. The Kier molecular flexibility index (Phi) is 42.4. The van der Waals surface area contributed by atoms with Crippen molar-refractivity contribution in [1.29, 1.82) is 5.41 Å². The molecule has 1 aliphatic carbocycles. The van der Waals surface area contributed by atoms with E-state index in [1.165, 1.54) is 23.9 Å². The summed E-state index contributed by atoms with van der Waals surface area (Å²) in [5.41, 5.74) is 18.6. The summed E-state index contributed by atoms with van der Waals surface area (Å²) in [5, 5.41) is 50.7. The number of aromatic nitrogens is 3. The normalized spacial score (nSPS) is 26.6. The van der Waals surface area contributed by atoms with Gasteiger partial charge in [0.1, 0.15) is 53.9 Å². The molecule has 2 bridgehead atoms. The summed E-state index contributed by atoms with van der Waals surface area (Å²) in [6.45, 7) is 18.5. The van der Waals surface area contributed by atoms with E-state index < -0.39 is 102 Å². The van der Waals surface area contributed by atoms with Gasteiger partial charge in [-0.1, -0.05) is 82.4 Å². The fourth-order valence-corrected chi connectivity index (χ4v) is 16.5. The van der Waals surface area contributed by atoms with E-state index in [2.05, 4.69) is 31.7 Å². The predicted molar refractivity (Wildman–Crippen MR) is 469 cm³/mol. The number of methoxy groups -OCH3 is 3. The Morgan fingerprint density at radius 1 is 0.690 bits per heavy atom. The van der Waals surface area contributed by atoms with E-state index in [0.717, 1.165) is 23.1 Å². The number of nitrogen functional groups attached to an aromatic ring is 2. The molecule has 126 heavy (non-hydrogen) atoms. The molecule has 5 aliphatic rings. The van der Waals surface area contributed by atoms with E-state index in [1.807, 2.05) is 68.2 Å². The number of oxazole rings is 1. The summed E-state index contributed by atoms with van der Waals surface area (Å²) in [4.78, 5) is 99.4. The third kappa shape index (κ3) is 31.1. The van der Waals surface area contributed by atoms with Gasteiger partial charge in [-0.2, -0.15) is 4.98 Å². The second-order valence-electron chi connectivity index (χ2n) is 33.3. The number of benzene rings is 2. The zero-order valence-corrected chi connectivity index (χ0v) is 74.8. The lowest BCUT2D eigenvalue weighted by Gasteiger charge is -2.42. The fraction of sp³-hybridized carbons (Fsp3) is 0.652. The lowest BCUT2D eigenvalue weighted by atomic mass is 9.81. The van der Waals surface area contributed by atoms with Crippen LogP contribution in [0.5, 0.6) is 0 Å². The molecule has 1 saturated carbocycles. The van der Waals surface area contributed by atoms with Gasteiger partial charge in [0.15, 0.2) is 11.4 Å². The van der Waals surface area contributed by atoms with Crippen molar-refractivity contribution >= 4 is 69.9 Å². The number of aliphatic hydroxyl groups is 3. The summed E-state index contributed by atoms with van der Waals surface area (Å²) >= 11 is 0. The Morgan fingerprint density at radius 2 is 1.37 bits per heavy atom. The molecule has 0 spiro atoms. The maximum atomic E-state index is 14.6. The van der Waals surface area contributed by atoms with E-state index in [9.17, 15) is 44.1 Å². The number of fused-ring (bicyclic) bond motifs is 5. The number of hydrogen-bond donors (Lipinski definition) is 8. The molecule has 0 unspecified atom stereocenters. The van der Waals surface area contributed by atoms with E-state index in [-0.39, 0.29) is 86.5 Å². The molecule has 0 radical (unpaired) electrons. The molecule has 4 aliphatic heterocycles. The number of nitrogens with one attached hydrogen (secondary N) is 3. The van der Waals surface area contributed by atoms with Gasteiger partial charge in [0, 0.05) is 90.2 Å². The third-order valence-electron chi connectivity index (χ3n) is 24.0. The first kappa shape index (κ1) is 101. The zero-order valence-electron chi connectivity index (χ0n) is 74.8. The van der Waals surface area contributed by atoms with Crippen LogP contribution in [0.1, 0.15) is 159 Å². The number of aliphatic hydroxyl groups excluding tert-OH is 2. The van der Waals surface area contributed by atoms with Crippen LogP contribution in [0.15, 0.2) is 94.7 Å². The maximum Gasteiger partial charge on any atom is 0.407 e. The summed E-state index contributed by atoms with van der Waals surface area (Å²) in [5.74, 6) is -6.86. The molecule has 34 nitrogen and oxygen atoms in total. The van der Waals surface area contributed by atoms with Crippen molar-refractivity contribution in [2.24, 2.45) is 29.6 Å². The van der Waals surface area contributed by atoms with Gasteiger partial charge in [-0.05, 0) is 149 Å². The van der Waals surface area contributed by atoms with Crippen LogP contribution in [0, 0.1) is 35.0 Å². The van der Waals surface area contributed by atoms with Gasteiger partial charge in [-0.3, -0.25) is 24.6 Å². The first-order chi connectivity index (χ1) is 60.8. The summed E-state index contributed by atoms with van der Waals surface area (Å²) < 4.78 is 86.3. The summed E-state index contributed by atoms with van der Waals surface area (Å²) in [6, 6.07) is 10.2. The molecular formula is C92H136N10O24. The largest absolute Gasteiger partial charge is 0.461 e. The van der Waals surface area contributed by atoms with Gasteiger partial charge in [0.25, 0.3) is 17.7 Å². The number of anilines is 3. The van der Waals surface area contributed by atoms with Gasteiger partial charge >= 0.3 is 12.1 Å². The number of ether oxygens (including phenoxy) is 14. The van der Waals surface area contributed by atoms with Crippen LogP contribution in [0.4, 0.5) is 22.4 Å². The summed E-state index contributed by atoms with van der Waals surface area (Å²) in [7, 11) is 4.51. The highest BCUT2D eigenvalue weighted by atomic mass is 16.6. The highest BCUT2D eigenvalue weighted by Crippen LogP contribution is 2.39. The molecule has 4 aromatic rings. The number of nitrogens with zero attached hydrogens (tertiary/aromatic N) is 5. The number of nitrogens with two attached hydrogens (primary N) is 2. The van der Waals surface area contributed by atoms with Crippen LogP contribution >= 0.6 is 0 Å². The quantitative estimate of drug-likeness (QED) is 0.00680. The Morgan fingerprint density at radius 3 is 2.03 bits per heavy atom. The van der Waals surface area contributed by atoms with Crippen molar-refractivity contribution in [3.05, 3.63) is 118 Å². The number of alkyl carbamates (subject to hydrolysis) is 1. The molecule has 2 aromatic heterocycles. The fourth-order valence-electron chi connectivity index (χ4n) is 16.5. The van der Waals surface area contributed by atoms with Gasteiger partial charge in [-0.15, -0.1) is 0 Å². The van der Waals surface area contributed by atoms with Gasteiger partial charge in [0.05, 0.1) is 148 Å². The van der Waals surface area contributed by atoms with Crippen LogP contribution in [-0.2, 0) is 110 Å². The monoisotopic (exact) mass is 1760 g/mol. The Hall–Kier alpha value is -8.56. The van der Waals surface area contributed by atoms with Crippen molar-refractivity contribution < 1.29 is 115 Å². The predicted octanol–water partition coefficient (Wildman–Crippen LogP) is 8.69. The molecule has 698 valence electrons. The number of ketones is 2. The third-order valence-corrected chi connectivity index (χ3v) is 24.0. The van der Waals surface area contributed by atoms with Crippen molar-refractivity contribution in [3.63, 3.8) is 0 Å². The Balaban J connectivity index is 0.588. The molecule has 3 fully saturated rings. The lowest BCUT2D eigenvalue weighted by Crippen LogP contribution is -2.60. The number of esters is 1. The van der Waals surface area contributed by atoms with E-state index in [4.69, 9.17) is 87.6 Å². The number of hydrogen-bond acceptors (Lipinski definition) is 31. The molecule has 34 heteroatoms. The summed E-state index contributed by atoms with van der Waals surface area (Å²) in [6.07, 6.45) is 11.7. The van der Waals surface area contributed by atoms with Gasteiger partial charge in [0.2, 0.25) is 11.7 Å². The lowest BCUT2D eigenvalue weighted by molar-refractivity contribution is -0.265.